The molecule has 0 amide bonds. The molecular weight excluding hydrogens is 222 g/mol. The van der Waals surface area contributed by atoms with Gasteiger partial charge in [0.05, 0.1) is 0 Å². The molecule has 0 saturated carbocycles. The van der Waals surface area contributed by atoms with Gasteiger partial charge in [0.1, 0.15) is 5.16 Å². The van der Waals surface area contributed by atoms with Crippen molar-refractivity contribution in [1.82, 2.24) is 0 Å². The summed E-state index contributed by atoms with van der Waals surface area (Å²) in [6.07, 6.45) is 4.67. The van der Waals surface area contributed by atoms with Crippen LogP contribution in [0.1, 0.15) is 26.2 Å². The summed E-state index contributed by atoms with van der Waals surface area (Å²) in [5, 5.41) is 9.87. The van der Waals surface area contributed by atoms with Gasteiger partial charge in [-0.15, -0.1) is 0 Å². The molecule has 0 radical (unpaired) electrons. The first-order valence-electron chi connectivity index (χ1n) is 5.58. The average molecular weight is 238 g/mol. The van der Waals surface area contributed by atoms with Crippen LogP contribution in [0.25, 0.3) is 0 Å². The summed E-state index contributed by atoms with van der Waals surface area (Å²) in [6.45, 7) is 6.08. The molecule has 0 saturated heterocycles. The Bertz CT molecular complexity index is 418. The van der Waals surface area contributed by atoms with Crippen LogP contribution >= 0.6 is 11.6 Å². The van der Waals surface area contributed by atoms with Gasteiger partial charge in [-0.05, 0) is 37.3 Å². The van der Waals surface area contributed by atoms with E-state index >= 15 is 0 Å². The Morgan fingerprint density at radius 2 is 2.44 bits per heavy atom. The van der Waals surface area contributed by atoms with Crippen molar-refractivity contribution in [3.8, 4) is 0 Å². The smallest absolute Gasteiger partial charge is 0.136 e. The minimum absolute atomic E-state index is 0.190. The highest BCUT2D eigenvalue weighted by Crippen LogP contribution is 2.49. The molecule has 0 aromatic heterocycles. The van der Waals surface area contributed by atoms with Crippen LogP contribution in [-0.2, 0) is 0 Å². The number of aliphatic hydroxyl groups is 1. The summed E-state index contributed by atoms with van der Waals surface area (Å²) >= 11 is 6.18. The lowest BCUT2D eigenvalue weighted by atomic mass is 9.95. The van der Waals surface area contributed by atoms with Crippen LogP contribution in [0.2, 0.25) is 0 Å². The summed E-state index contributed by atoms with van der Waals surface area (Å²) in [6, 6.07) is 0. The SMILES string of the molecule is C=C1CC2=C(/C1=C(\Cl)N=CC)C(CO)CC2. The molecule has 0 fully saturated rings. The monoisotopic (exact) mass is 237 g/mol. The van der Waals surface area contributed by atoms with Gasteiger partial charge in [-0.25, -0.2) is 4.99 Å². The minimum atomic E-state index is 0.190. The van der Waals surface area contributed by atoms with Gasteiger partial charge in [0.2, 0.25) is 0 Å². The fourth-order valence-corrected chi connectivity index (χ4v) is 2.97. The van der Waals surface area contributed by atoms with E-state index in [-0.39, 0.29) is 12.5 Å². The van der Waals surface area contributed by atoms with E-state index in [0.717, 1.165) is 30.4 Å². The molecular formula is C13H16ClNO. The number of allylic oxidation sites excluding steroid dienone is 3. The fourth-order valence-electron chi connectivity index (χ4n) is 2.63. The molecule has 1 N–H and O–H groups in total. The Morgan fingerprint density at radius 1 is 1.69 bits per heavy atom. The van der Waals surface area contributed by atoms with Crippen molar-refractivity contribution < 1.29 is 5.11 Å². The molecule has 0 bridgehead atoms. The molecule has 0 heterocycles. The predicted octanol–water partition coefficient (Wildman–Crippen LogP) is 3.19. The Morgan fingerprint density at radius 3 is 3.06 bits per heavy atom. The van der Waals surface area contributed by atoms with E-state index in [1.165, 1.54) is 11.1 Å². The third-order valence-corrected chi connectivity index (χ3v) is 3.59. The Balaban J connectivity index is 2.45. The Labute approximate surface area is 101 Å². The average Bonchev–Trinajstić information content (AvgIpc) is 2.75. The number of nitrogens with zero attached hydrogens (tertiary/aromatic N) is 1. The molecule has 1 unspecified atom stereocenters. The minimum Gasteiger partial charge on any atom is -0.396 e. The number of aliphatic imine (C=N–C) groups is 1. The van der Waals surface area contributed by atoms with Gasteiger partial charge in [0, 0.05) is 24.3 Å². The Kier molecular flexibility index (Phi) is 3.31. The topological polar surface area (TPSA) is 32.6 Å². The van der Waals surface area contributed by atoms with Crippen LogP contribution in [0.5, 0.6) is 0 Å². The third kappa shape index (κ3) is 1.76. The maximum absolute atomic E-state index is 9.36. The van der Waals surface area contributed by atoms with Crippen LogP contribution in [0, 0.1) is 5.92 Å². The first-order valence-corrected chi connectivity index (χ1v) is 5.96. The standard InChI is InChI=1S/C13H16ClNO/c1-3-15-13(14)11-8(2)6-9-4-5-10(7-16)12(9)11/h3,10,16H,2,4-7H2,1H3/b13-11+,15-3?. The molecule has 2 aliphatic carbocycles. The van der Waals surface area contributed by atoms with E-state index in [2.05, 4.69) is 11.6 Å². The predicted molar refractivity (Wildman–Crippen MR) is 67.6 cm³/mol. The lowest BCUT2D eigenvalue weighted by molar-refractivity contribution is 0.247. The molecule has 2 nitrogen and oxygen atoms in total. The second-order valence-electron chi connectivity index (χ2n) is 4.27. The van der Waals surface area contributed by atoms with Crippen molar-refractivity contribution in [2.45, 2.75) is 26.2 Å². The van der Waals surface area contributed by atoms with Crippen molar-refractivity contribution in [2.75, 3.05) is 6.61 Å². The molecule has 0 aliphatic heterocycles. The molecule has 0 aromatic rings. The van der Waals surface area contributed by atoms with E-state index < -0.39 is 0 Å². The van der Waals surface area contributed by atoms with Crippen LogP contribution in [0.15, 0.2) is 39.0 Å². The second-order valence-corrected chi connectivity index (χ2v) is 4.63. The summed E-state index contributed by atoms with van der Waals surface area (Å²) < 4.78 is 0. The van der Waals surface area contributed by atoms with Crippen molar-refractivity contribution in [1.29, 1.82) is 0 Å². The zero-order valence-electron chi connectivity index (χ0n) is 9.46. The Hall–Kier alpha value is -0.860. The number of halogens is 1. The lowest BCUT2D eigenvalue weighted by Gasteiger charge is -2.14. The third-order valence-electron chi connectivity index (χ3n) is 3.30. The zero-order chi connectivity index (χ0) is 11.7. The fraction of sp³-hybridized carbons (Fsp3) is 0.462. The van der Waals surface area contributed by atoms with Crippen molar-refractivity contribution >= 4 is 17.8 Å². The van der Waals surface area contributed by atoms with Crippen LogP contribution in [-0.4, -0.2) is 17.9 Å². The van der Waals surface area contributed by atoms with Gasteiger partial charge < -0.3 is 5.11 Å². The van der Waals surface area contributed by atoms with Gasteiger partial charge in [-0.1, -0.05) is 23.8 Å². The van der Waals surface area contributed by atoms with Crippen molar-refractivity contribution in [2.24, 2.45) is 10.9 Å². The number of hydrogen-bond acceptors (Lipinski definition) is 2. The molecule has 86 valence electrons. The first kappa shape index (κ1) is 11.6. The highest BCUT2D eigenvalue weighted by molar-refractivity contribution is 6.30. The lowest BCUT2D eigenvalue weighted by Crippen LogP contribution is -2.07. The van der Waals surface area contributed by atoms with E-state index in [1.807, 2.05) is 6.92 Å². The summed E-state index contributed by atoms with van der Waals surface area (Å²) in [5.74, 6) is 0.227. The summed E-state index contributed by atoms with van der Waals surface area (Å²) in [5.41, 5.74) is 4.62. The molecule has 0 spiro atoms. The number of hydrogen-bond donors (Lipinski definition) is 1. The first-order chi connectivity index (χ1) is 7.69. The summed E-state index contributed by atoms with van der Waals surface area (Å²) in [7, 11) is 0. The van der Waals surface area contributed by atoms with Gasteiger partial charge >= 0.3 is 0 Å². The molecule has 1 atom stereocenters. The maximum Gasteiger partial charge on any atom is 0.136 e. The van der Waals surface area contributed by atoms with E-state index in [1.54, 1.807) is 6.21 Å². The number of rotatable bonds is 2. The van der Waals surface area contributed by atoms with Crippen molar-refractivity contribution in [3.05, 3.63) is 34.0 Å². The van der Waals surface area contributed by atoms with Crippen molar-refractivity contribution in [3.63, 3.8) is 0 Å². The largest absolute Gasteiger partial charge is 0.396 e. The molecule has 3 heteroatoms. The van der Waals surface area contributed by atoms with E-state index in [4.69, 9.17) is 11.6 Å². The van der Waals surface area contributed by atoms with Gasteiger partial charge in [-0.3, -0.25) is 0 Å². The molecule has 2 aliphatic rings. The second kappa shape index (κ2) is 4.56. The molecule has 0 aromatic carbocycles. The van der Waals surface area contributed by atoms with Gasteiger partial charge in [-0.2, -0.15) is 0 Å². The zero-order valence-corrected chi connectivity index (χ0v) is 10.2. The quantitative estimate of drug-likeness (QED) is 0.581. The van der Waals surface area contributed by atoms with Crippen LogP contribution in [0.3, 0.4) is 0 Å². The summed E-state index contributed by atoms with van der Waals surface area (Å²) in [4.78, 5) is 4.13. The van der Waals surface area contributed by atoms with Gasteiger partial charge in [0.25, 0.3) is 0 Å². The normalized spacial score (nSPS) is 28.2. The van der Waals surface area contributed by atoms with E-state index in [0.29, 0.717) is 5.16 Å². The van der Waals surface area contributed by atoms with Crippen LogP contribution in [0.4, 0.5) is 0 Å². The van der Waals surface area contributed by atoms with Crippen LogP contribution < -0.4 is 0 Å². The molecule has 16 heavy (non-hydrogen) atoms. The van der Waals surface area contributed by atoms with Gasteiger partial charge in [0.15, 0.2) is 0 Å². The molecule has 2 rings (SSSR count). The number of aliphatic hydroxyl groups excluding tert-OH is 1. The van der Waals surface area contributed by atoms with E-state index in [9.17, 15) is 5.11 Å². The maximum atomic E-state index is 9.36. The highest BCUT2D eigenvalue weighted by Gasteiger charge is 2.34. The highest BCUT2D eigenvalue weighted by atomic mass is 35.5.